The Labute approximate surface area is 159 Å². The Balaban J connectivity index is 1.35. The van der Waals surface area contributed by atoms with Crippen LogP contribution in [0.5, 0.6) is 0 Å². The Morgan fingerprint density at radius 2 is 1.73 bits per heavy atom. The monoisotopic (exact) mass is 415 g/mol. The summed E-state index contributed by atoms with van der Waals surface area (Å²) in [5.41, 5.74) is 0.879. The Bertz CT molecular complexity index is 833. The molecule has 0 bridgehead atoms. The molecule has 1 fully saturated rings. The number of hydrogen-bond donors (Lipinski definition) is 0. The predicted molar refractivity (Wildman–Crippen MR) is 97.8 cm³/mol. The predicted octanol–water partition coefficient (Wildman–Crippen LogP) is 3.38. The summed E-state index contributed by atoms with van der Waals surface area (Å²) in [7, 11) is 0. The van der Waals surface area contributed by atoms with Crippen LogP contribution >= 0.6 is 15.9 Å². The maximum absolute atomic E-state index is 12.4. The molecule has 26 heavy (non-hydrogen) atoms. The number of likely N-dealkylation sites (tertiary alicyclic amines) is 1. The molecule has 1 aliphatic carbocycles. The fourth-order valence-electron chi connectivity index (χ4n) is 3.55. The number of amides is 2. The fraction of sp³-hybridized carbons (Fsp3) is 0.368. The van der Waals surface area contributed by atoms with Gasteiger partial charge < -0.3 is 4.52 Å². The third-order valence-electron chi connectivity index (χ3n) is 4.94. The van der Waals surface area contributed by atoms with Crippen LogP contribution in [-0.2, 0) is 16.0 Å². The topological polar surface area (TPSA) is 76.3 Å². The molecule has 1 saturated heterocycles. The zero-order valence-corrected chi connectivity index (χ0v) is 15.7. The summed E-state index contributed by atoms with van der Waals surface area (Å²) in [4.78, 5) is 30.7. The van der Waals surface area contributed by atoms with Crippen molar-refractivity contribution in [3.63, 3.8) is 0 Å². The van der Waals surface area contributed by atoms with Crippen LogP contribution in [0.1, 0.15) is 25.2 Å². The molecule has 0 N–H and O–H groups in total. The van der Waals surface area contributed by atoms with Gasteiger partial charge in [0, 0.05) is 23.0 Å². The Morgan fingerprint density at radius 1 is 1.08 bits per heavy atom. The molecule has 1 aromatic heterocycles. The van der Waals surface area contributed by atoms with Crippen molar-refractivity contribution in [1.29, 1.82) is 0 Å². The van der Waals surface area contributed by atoms with Gasteiger partial charge in [-0.15, -0.1) is 0 Å². The maximum Gasteiger partial charge on any atom is 0.233 e. The van der Waals surface area contributed by atoms with Crippen LogP contribution in [0.4, 0.5) is 0 Å². The standard InChI is InChI=1S/C19H18BrN3O3/c20-13-9-7-12(8-10-13)17-21-16(26-22-17)6-3-11-23-18(24)14-4-1-2-5-15(14)19(23)25/h1-2,7-10,14-15H,3-6,11H2/t14-,15+. The van der Waals surface area contributed by atoms with Gasteiger partial charge in [0.1, 0.15) is 0 Å². The van der Waals surface area contributed by atoms with E-state index in [-0.39, 0.29) is 23.7 Å². The van der Waals surface area contributed by atoms with Crippen molar-refractivity contribution < 1.29 is 14.1 Å². The summed E-state index contributed by atoms with van der Waals surface area (Å²) >= 11 is 3.39. The number of nitrogens with zero attached hydrogens (tertiary/aromatic N) is 3. The highest BCUT2D eigenvalue weighted by Gasteiger charge is 2.46. The third-order valence-corrected chi connectivity index (χ3v) is 5.47. The zero-order valence-electron chi connectivity index (χ0n) is 14.1. The van der Waals surface area contributed by atoms with E-state index in [9.17, 15) is 9.59 Å². The number of halogens is 1. The smallest absolute Gasteiger partial charge is 0.233 e. The van der Waals surface area contributed by atoms with E-state index in [0.29, 0.717) is 43.9 Å². The van der Waals surface area contributed by atoms with Gasteiger partial charge in [-0.05, 0) is 43.5 Å². The number of aryl methyl sites for hydroxylation is 1. The van der Waals surface area contributed by atoms with E-state index in [1.165, 1.54) is 4.90 Å². The summed E-state index contributed by atoms with van der Waals surface area (Å²) in [5, 5.41) is 4.00. The maximum atomic E-state index is 12.4. The first-order valence-electron chi connectivity index (χ1n) is 8.72. The molecule has 2 aliphatic rings. The van der Waals surface area contributed by atoms with E-state index in [4.69, 9.17) is 4.52 Å². The largest absolute Gasteiger partial charge is 0.339 e. The molecule has 2 atom stereocenters. The van der Waals surface area contributed by atoms with E-state index < -0.39 is 0 Å². The number of fused-ring (bicyclic) bond motifs is 1. The van der Waals surface area contributed by atoms with Crippen molar-refractivity contribution >= 4 is 27.7 Å². The lowest BCUT2D eigenvalue weighted by Crippen LogP contribution is -2.32. The molecule has 1 aliphatic heterocycles. The van der Waals surface area contributed by atoms with Gasteiger partial charge in [-0.3, -0.25) is 14.5 Å². The third kappa shape index (κ3) is 3.23. The number of benzene rings is 1. The number of allylic oxidation sites excluding steroid dienone is 2. The molecular formula is C19H18BrN3O3. The van der Waals surface area contributed by atoms with E-state index in [2.05, 4.69) is 26.1 Å². The second-order valence-electron chi connectivity index (χ2n) is 6.61. The number of imide groups is 1. The quantitative estimate of drug-likeness (QED) is 0.552. The molecule has 0 saturated carbocycles. The highest BCUT2D eigenvalue weighted by Crippen LogP contribution is 2.35. The molecule has 1 aromatic carbocycles. The average Bonchev–Trinajstić information content (AvgIpc) is 3.22. The summed E-state index contributed by atoms with van der Waals surface area (Å²) in [6.45, 7) is 0.403. The molecule has 134 valence electrons. The first-order chi connectivity index (χ1) is 12.6. The lowest BCUT2D eigenvalue weighted by atomic mass is 9.85. The SMILES string of the molecule is O=C1[C@H]2CC=CC[C@H]2C(=O)N1CCCc1nc(-c2ccc(Br)cc2)no1. The summed E-state index contributed by atoms with van der Waals surface area (Å²) in [6, 6.07) is 7.67. The number of hydrogen-bond acceptors (Lipinski definition) is 5. The number of carbonyl (C=O) groups excluding carboxylic acids is 2. The van der Waals surface area contributed by atoms with Gasteiger partial charge in [-0.2, -0.15) is 4.98 Å². The minimum atomic E-state index is -0.167. The molecule has 2 heterocycles. The molecular weight excluding hydrogens is 398 g/mol. The first-order valence-corrected chi connectivity index (χ1v) is 9.51. The normalized spacial score (nSPS) is 22.1. The minimum absolute atomic E-state index is 0.0366. The van der Waals surface area contributed by atoms with Crippen LogP contribution in [0.3, 0.4) is 0 Å². The Kier molecular flexibility index (Phi) is 4.72. The summed E-state index contributed by atoms with van der Waals surface area (Å²) in [6.07, 6.45) is 6.49. The fourth-order valence-corrected chi connectivity index (χ4v) is 3.81. The van der Waals surface area contributed by atoms with Gasteiger partial charge in [-0.1, -0.05) is 33.2 Å². The molecule has 2 amide bonds. The lowest BCUT2D eigenvalue weighted by molar-refractivity contribution is -0.139. The second-order valence-corrected chi connectivity index (χ2v) is 7.52. The van der Waals surface area contributed by atoms with E-state index in [0.717, 1.165) is 10.0 Å². The van der Waals surface area contributed by atoms with Crippen LogP contribution < -0.4 is 0 Å². The highest BCUT2D eigenvalue weighted by molar-refractivity contribution is 9.10. The second kappa shape index (κ2) is 7.15. The molecule has 7 heteroatoms. The molecule has 4 rings (SSSR count). The van der Waals surface area contributed by atoms with Gasteiger partial charge in [-0.25, -0.2) is 0 Å². The Morgan fingerprint density at radius 3 is 2.38 bits per heavy atom. The molecule has 2 aromatic rings. The average molecular weight is 416 g/mol. The number of rotatable bonds is 5. The van der Waals surface area contributed by atoms with E-state index in [1.54, 1.807) is 0 Å². The summed E-state index contributed by atoms with van der Waals surface area (Å²) < 4.78 is 6.28. The molecule has 0 spiro atoms. The zero-order chi connectivity index (χ0) is 18.1. The van der Waals surface area contributed by atoms with Crippen LogP contribution in [-0.4, -0.2) is 33.4 Å². The van der Waals surface area contributed by atoms with E-state index >= 15 is 0 Å². The van der Waals surface area contributed by atoms with Gasteiger partial charge in [0.15, 0.2) is 0 Å². The highest BCUT2D eigenvalue weighted by atomic mass is 79.9. The first kappa shape index (κ1) is 17.1. The van der Waals surface area contributed by atoms with Crippen molar-refractivity contribution in [1.82, 2.24) is 15.0 Å². The van der Waals surface area contributed by atoms with Crippen molar-refractivity contribution in [2.75, 3.05) is 6.54 Å². The van der Waals surface area contributed by atoms with Crippen LogP contribution in [0.25, 0.3) is 11.4 Å². The van der Waals surface area contributed by atoms with Crippen LogP contribution in [0, 0.1) is 11.8 Å². The van der Waals surface area contributed by atoms with Crippen molar-refractivity contribution in [3.8, 4) is 11.4 Å². The van der Waals surface area contributed by atoms with Crippen molar-refractivity contribution in [2.24, 2.45) is 11.8 Å². The number of aromatic nitrogens is 2. The lowest BCUT2D eigenvalue weighted by Gasteiger charge is -2.14. The van der Waals surface area contributed by atoms with Gasteiger partial charge >= 0.3 is 0 Å². The van der Waals surface area contributed by atoms with Crippen LogP contribution in [0.15, 0.2) is 45.4 Å². The molecule has 0 radical (unpaired) electrons. The molecule has 6 nitrogen and oxygen atoms in total. The van der Waals surface area contributed by atoms with Crippen molar-refractivity contribution in [3.05, 3.63) is 46.8 Å². The minimum Gasteiger partial charge on any atom is -0.339 e. The Hall–Kier alpha value is -2.28. The van der Waals surface area contributed by atoms with Gasteiger partial charge in [0.05, 0.1) is 11.8 Å². The van der Waals surface area contributed by atoms with Gasteiger partial charge in [0.25, 0.3) is 0 Å². The van der Waals surface area contributed by atoms with Crippen molar-refractivity contribution in [2.45, 2.75) is 25.7 Å². The van der Waals surface area contributed by atoms with E-state index in [1.807, 2.05) is 36.4 Å². The van der Waals surface area contributed by atoms with Crippen LogP contribution in [0.2, 0.25) is 0 Å². The molecule has 0 unspecified atom stereocenters. The number of carbonyl (C=O) groups is 2. The summed E-state index contributed by atoms with van der Waals surface area (Å²) in [5.74, 6) is 0.648. The van der Waals surface area contributed by atoms with Gasteiger partial charge in [0.2, 0.25) is 23.5 Å².